The molecule has 1 aromatic rings. The van der Waals surface area contributed by atoms with Gasteiger partial charge in [0, 0.05) is 25.0 Å². The highest BCUT2D eigenvalue weighted by Crippen LogP contribution is 2.36. The van der Waals surface area contributed by atoms with Crippen LogP contribution in [0.25, 0.3) is 0 Å². The largest absolute Gasteiger partial charge is 0.350 e. The quantitative estimate of drug-likeness (QED) is 0.632. The van der Waals surface area contributed by atoms with Gasteiger partial charge in [0.15, 0.2) is 0 Å². The lowest BCUT2D eigenvalue weighted by atomic mass is 9.74. The molecule has 2 aliphatic heterocycles. The third-order valence-corrected chi connectivity index (χ3v) is 4.22. The van der Waals surface area contributed by atoms with Gasteiger partial charge in [-0.1, -0.05) is 0 Å². The van der Waals surface area contributed by atoms with Gasteiger partial charge in [-0.05, 0) is 32.2 Å². The molecule has 1 spiro atoms. The van der Waals surface area contributed by atoms with Gasteiger partial charge in [0.2, 0.25) is 5.82 Å². The molecule has 7 nitrogen and oxygen atoms in total. The van der Waals surface area contributed by atoms with Crippen LogP contribution in [0.4, 0.5) is 5.82 Å². The Morgan fingerprint density at radius 2 is 2.05 bits per heavy atom. The minimum absolute atomic E-state index is 0.251. The Bertz CT molecular complexity index is 552. The van der Waals surface area contributed by atoms with Crippen LogP contribution in [0.1, 0.15) is 25.7 Å². The Morgan fingerprint density at radius 3 is 2.79 bits per heavy atom. The van der Waals surface area contributed by atoms with Gasteiger partial charge in [-0.25, -0.2) is 9.89 Å². The first-order chi connectivity index (χ1) is 9.19. The fourth-order valence-corrected chi connectivity index (χ4v) is 3.32. The third kappa shape index (κ3) is 2.42. The van der Waals surface area contributed by atoms with E-state index in [9.17, 15) is 9.59 Å². The van der Waals surface area contributed by atoms with Gasteiger partial charge in [0.1, 0.15) is 0 Å². The van der Waals surface area contributed by atoms with Gasteiger partial charge in [0.05, 0.1) is 0 Å². The first kappa shape index (κ1) is 12.4. The molecule has 2 saturated heterocycles. The van der Waals surface area contributed by atoms with Crippen LogP contribution < -0.4 is 21.5 Å². The van der Waals surface area contributed by atoms with Crippen molar-refractivity contribution in [2.24, 2.45) is 5.41 Å². The minimum atomic E-state index is -0.556. The van der Waals surface area contributed by atoms with Gasteiger partial charge in [-0.15, -0.1) is 5.10 Å². The molecule has 3 rings (SSSR count). The van der Waals surface area contributed by atoms with Crippen LogP contribution >= 0.6 is 0 Å². The minimum Gasteiger partial charge on any atom is -0.350 e. The summed E-state index contributed by atoms with van der Waals surface area (Å²) in [6.45, 7) is 3.75. The smallest absolute Gasteiger partial charge is 0.342 e. The van der Waals surface area contributed by atoms with Crippen molar-refractivity contribution in [2.45, 2.75) is 25.7 Å². The molecule has 7 heteroatoms. The molecule has 2 aliphatic rings. The van der Waals surface area contributed by atoms with Crippen molar-refractivity contribution >= 4 is 5.82 Å². The summed E-state index contributed by atoms with van der Waals surface area (Å²) in [6, 6.07) is 0. The van der Waals surface area contributed by atoms with Crippen molar-refractivity contribution in [1.82, 2.24) is 20.5 Å². The second-order valence-electron chi connectivity index (χ2n) is 5.64. The molecule has 3 heterocycles. The number of hydrogen-bond acceptors (Lipinski definition) is 5. The predicted molar refractivity (Wildman–Crippen MR) is 71.5 cm³/mol. The molecule has 3 N–H and O–H groups in total. The molecule has 0 radical (unpaired) electrons. The number of aromatic amines is 2. The maximum absolute atomic E-state index is 11.8. The third-order valence-electron chi connectivity index (χ3n) is 4.22. The van der Waals surface area contributed by atoms with E-state index in [2.05, 4.69) is 20.5 Å². The molecule has 0 aliphatic carbocycles. The first-order valence-corrected chi connectivity index (χ1v) is 6.83. The zero-order chi connectivity index (χ0) is 13.3. The van der Waals surface area contributed by atoms with Crippen LogP contribution in [0.15, 0.2) is 9.59 Å². The van der Waals surface area contributed by atoms with Gasteiger partial charge >= 0.3 is 5.69 Å². The molecule has 1 aromatic heterocycles. The number of hydrogen-bond donors (Lipinski definition) is 3. The summed E-state index contributed by atoms with van der Waals surface area (Å²) in [5, 5.41) is 9.66. The Morgan fingerprint density at radius 1 is 1.21 bits per heavy atom. The van der Waals surface area contributed by atoms with E-state index in [1.54, 1.807) is 0 Å². The van der Waals surface area contributed by atoms with Gasteiger partial charge in [-0.3, -0.25) is 9.78 Å². The molecule has 104 valence electrons. The monoisotopic (exact) mass is 265 g/mol. The van der Waals surface area contributed by atoms with Gasteiger partial charge in [0.25, 0.3) is 5.56 Å². The summed E-state index contributed by atoms with van der Waals surface area (Å²) < 4.78 is 0. The zero-order valence-electron chi connectivity index (χ0n) is 10.9. The van der Waals surface area contributed by atoms with Crippen molar-refractivity contribution in [3.05, 3.63) is 20.8 Å². The van der Waals surface area contributed by atoms with Crippen molar-refractivity contribution in [3.63, 3.8) is 0 Å². The highest BCUT2D eigenvalue weighted by atomic mass is 16.2. The Labute approximate surface area is 110 Å². The van der Waals surface area contributed by atoms with Crippen LogP contribution in [-0.2, 0) is 0 Å². The molecule has 0 aromatic carbocycles. The number of rotatable bonds is 1. The average Bonchev–Trinajstić information content (AvgIpc) is 2.39. The number of piperidine rings is 2. The average molecular weight is 265 g/mol. The molecule has 0 saturated carbocycles. The van der Waals surface area contributed by atoms with Crippen LogP contribution in [0.3, 0.4) is 0 Å². The Kier molecular flexibility index (Phi) is 3.14. The van der Waals surface area contributed by atoms with E-state index in [0.717, 1.165) is 32.6 Å². The molecule has 19 heavy (non-hydrogen) atoms. The maximum atomic E-state index is 11.8. The van der Waals surface area contributed by atoms with E-state index >= 15 is 0 Å². The highest BCUT2D eigenvalue weighted by Gasteiger charge is 2.37. The fourth-order valence-electron chi connectivity index (χ4n) is 3.32. The lowest BCUT2D eigenvalue weighted by Crippen LogP contribution is -2.52. The van der Waals surface area contributed by atoms with Crippen molar-refractivity contribution in [3.8, 4) is 0 Å². The van der Waals surface area contributed by atoms with Crippen LogP contribution in [-0.4, -0.2) is 41.4 Å². The van der Waals surface area contributed by atoms with E-state index in [1.807, 2.05) is 4.90 Å². The van der Waals surface area contributed by atoms with Crippen LogP contribution in [0.5, 0.6) is 0 Å². The lowest BCUT2D eigenvalue weighted by Gasteiger charge is -2.45. The second kappa shape index (κ2) is 4.80. The number of H-pyrrole nitrogens is 2. The zero-order valence-corrected chi connectivity index (χ0v) is 10.9. The summed E-state index contributed by atoms with van der Waals surface area (Å²) in [7, 11) is 0. The Balaban J connectivity index is 1.85. The van der Waals surface area contributed by atoms with E-state index in [-0.39, 0.29) is 5.41 Å². The molecule has 1 unspecified atom stereocenters. The summed E-state index contributed by atoms with van der Waals surface area (Å²) >= 11 is 0. The van der Waals surface area contributed by atoms with Crippen LogP contribution in [0, 0.1) is 5.41 Å². The summed E-state index contributed by atoms with van der Waals surface area (Å²) in [5.74, 6) is 0.337. The number of nitrogens with zero attached hydrogens (tertiary/aromatic N) is 2. The van der Waals surface area contributed by atoms with Gasteiger partial charge in [-0.2, -0.15) is 0 Å². The number of anilines is 1. The topological polar surface area (TPSA) is 93.9 Å². The van der Waals surface area contributed by atoms with Crippen molar-refractivity contribution in [2.75, 3.05) is 31.1 Å². The van der Waals surface area contributed by atoms with Crippen molar-refractivity contribution in [1.29, 1.82) is 0 Å². The number of nitrogens with one attached hydrogen (secondary N) is 3. The molecule has 0 bridgehead atoms. The van der Waals surface area contributed by atoms with Gasteiger partial charge < -0.3 is 10.2 Å². The van der Waals surface area contributed by atoms with E-state index < -0.39 is 11.2 Å². The number of aromatic nitrogens is 3. The molecule has 1 atom stereocenters. The Hall–Kier alpha value is -1.63. The second-order valence-corrected chi connectivity index (χ2v) is 5.64. The maximum Gasteiger partial charge on any atom is 0.342 e. The fraction of sp³-hybridized carbons (Fsp3) is 0.750. The van der Waals surface area contributed by atoms with E-state index in [0.29, 0.717) is 5.82 Å². The molecule has 2 fully saturated rings. The molecular weight excluding hydrogens is 246 g/mol. The lowest BCUT2D eigenvalue weighted by molar-refractivity contribution is 0.172. The first-order valence-electron chi connectivity index (χ1n) is 6.83. The van der Waals surface area contributed by atoms with Crippen LogP contribution in [0.2, 0.25) is 0 Å². The predicted octanol–water partition coefficient (Wildman–Crippen LogP) is -0.572. The molecular formula is C12H19N5O2. The summed E-state index contributed by atoms with van der Waals surface area (Å²) in [6.07, 6.45) is 4.63. The highest BCUT2D eigenvalue weighted by molar-refractivity contribution is 5.35. The summed E-state index contributed by atoms with van der Waals surface area (Å²) in [5.41, 5.74) is -0.704. The molecule has 0 amide bonds. The standard InChI is InChI=1S/C12H19N5O2/c18-10-9(15-16-11(19)14-10)17-6-2-4-12(8-17)3-1-5-13-7-12/h13H,1-8H2,(H2,14,16,18,19). The van der Waals surface area contributed by atoms with Crippen molar-refractivity contribution < 1.29 is 0 Å². The van der Waals surface area contributed by atoms with E-state index in [4.69, 9.17) is 0 Å². The SMILES string of the molecule is O=c1[nH]nc(N2CCCC3(CCCNC3)C2)c(=O)[nH]1. The van der Waals surface area contributed by atoms with E-state index in [1.165, 1.54) is 19.3 Å². The summed E-state index contributed by atoms with van der Waals surface area (Å²) in [4.78, 5) is 27.1. The normalized spacial score (nSPS) is 27.7.